The van der Waals surface area contributed by atoms with Gasteiger partial charge in [-0.1, -0.05) is 13.8 Å². The van der Waals surface area contributed by atoms with E-state index < -0.39 is 23.8 Å². The highest BCUT2D eigenvalue weighted by atomic mass is 32.1. The van der Waals surface area contributed by atoms with Gasteiger partial charge in [-0.25, -0.2) is 0 Å². The molecule has 1 atom stereocenters. The number of nitrogens with zero attached hydrogens (tertiary/aromatic N) is 2. The minimum atomic E-state index is -1.10. The number of carbonyl (C=O) groups is 3. The third kappa shape index (κ3) is 5.17. The zero-order chi connectivity index (χ0) is 23.3. The summed E-state index contributed by atoms with van der Waals surface area (Å²) in [5.41, 5.74) is 10.9. The number of nitrogen functional groups attached to an aromatic ring is 1. The van der Waals surface area contributed by atoms with Crippen LogP contribution in [0.5, 0.6) is 0 Å². The van der Waals surface area contributed by atoms with Crippen LogP contribution in [0.4, 0.5) is 5.69 Å². The van der Waals surface area contributed by atoms with E-state index in [1.807, 2.05) is 13.8 Å². The largest absolute Gasteiger partial charge is 0.467 e. The molecule has 0 saturated carbocycles. The molecule has 0 saturated heterocycles. The number of hydrogen-bond acceptors (Lipinski definition) is 8. The van der Waals surface area contributed by atoms with E-state index in [1.165, 1.54) is 17.4 Å². The van der Waals surface area contributed by atoms with E-state index >= 15 is 0 Å². The average Bonchev–Trinajstić information content (AvgIpc) is 3.49. The number of carbonyl (C=O) groups excluding carboxylic acids is 3. The van der Waals surface area contributed by atoms with Crippen LogP contribution in [0.1, 0.15) is 58.0 Å². The molecule has 0 aliphatic rings. The molecule has 10 nitrogen and oxygen atoms in total. The maximum absolute atomic E-state index is 13.6. The number of hydrogen-bond donors (Lipinski definition) is 3. The highest BCUT2D eigenvalue weighted by molar-refractivity contribution is 7.09. The highest BCUT2D eigenvalue weighted by Crippen LogP contribution is 2.30. The van der Waals surface area contributed by atoms with Crippen LogP contribution in [0.25, 0.3) is 0 Å². The second-order valence-corrected chi connectivity index (χ2v) is 8.32. The van der Waals surface area contributed by atoms with Crippen molar-refractivity contribution in [2.24, 2.45) is 11.7 Å². The summed E-state index contributed by atoms with van der Waals surface area (Å²) in [7, 11) is 0. The Kier molecular flexibility index (Phi) is 7.31. The van der Waals surface area contributed by atoms with Gasteiger partial charge in [0.15, 0.2) is 11.7 Å². The first-order chi connectivity index (χ1) is 15.3. The molecule has 3 amide bonds. The number of amides is 3. The van der Waals surface area contributed by atoms with Crippen molar-refractivity contribution in [1.29, 1.82) is 0 Å². The van der Waals surface area contributed by atoms with Crippen molar-refractivity contribution in [2.75, 3.05) is 12.3 Å². The Hall–Kier alpha value is -3.60. The monoisotopic (exact) mass is 459 g/mol. The lowest BCUT2D eigenvalue weighted by atomic mass is 10.1. The minimum Gasteiger partial charge on any atom is -0.467 e. The Morgan fingerprint density at radius 3 is 2.47 bits per heavy atom. The number of nitrogens with one attached hydrogen (secondary N) is 1. The maximum atomic E-state index is 13.6. The van der Waals surface area contributed by atoms with Crippen molar-refractivity contribution >= 4 is 34.9 Å². The summed E-state index contributed by atoms with van der Waals surface area (Å²) in [5.74, 6) is -0.761. The van der Waals surface area contributed by atoms with Gasteiger partial charge < -0.3 is 30.5 Å². The third-order valence-electron chi connectivity index (χ3n) is 4.72. The van der Waals surface area contributed by atoms with Gasteiger partial charge in [0.05, 0.1) is 24.8 Å². The highest BCUT2D eigenvalue weighted by Gasteiger charge is 2.36. The number of nitrogens with two attached hydrogens (primary N) is 2. The maximum Gasteiger partial charge on any atom is 0.270 e. The molecule has 0 unspecified atom stereocenters. The van der Waals surface area contributed by atoms with E-state index in [0.717, 1.165) is 18.0 Å². The summed E-state index contributed by atoms with van der Waals surface area (Å²) in [6.07, 6.45) is 3.66. The molecule has 32 heavy (non-hydrogen) atoms. The molecule has 3 heterocycles. The first kappa shape index (κ1) is 23.1. The summed E-state index contributed by atoms with van der Waals surface area (Å²) in [6.45, 7) is 4.49. The van der Waals surface area contributed by atoms with Crippen molar-refractivity contribution in [1.82, 2.24) is 14.6 Å². The van der Waals surface area contributed by atoms with Crippen LogP contribution in [0.15, 0.2) is 45.6 Å². The summed E-state index contributed by atoms with van der Waals surface area (Å²) in [4.78, 5) is 39.6. The second-order valence-electron chi connectivity index (χ2n) is 7.54. The lowest BCUT2D eigenvalue weighted by Gasteiger charge is -2.29. The molecule has 0 fully saturated rings. The molecule has 3 rings (SSSR count). The molecule has 0 radical (unpaired) electrons. The van der Waals surface area contributed by atoms with Crippen LogP contribution < -0.4 is 16.8 Å². The van der Waals surface area contributed by atoms with Gasteiger partial charge in [-0.05, 0) is 48.1 Å². The van der Waals surface area contributed by atoms with Crippen molar-refractivity contribution < 1.29 is 23.2 Å². The summed E-state index contributed by atoms with van der Waals surface area (Å²) in [6, 6.07) is 5.50. The molecule has 0 aliphatic heterocycles. The molecule has 11 heteroatoms. The first-order valence-electron chi connectivity index (χ1n) is 9.99. The van der Waals surface area contributed by atoms with Gasteiger partial charge in [-0.3, -0.25) is 14.4 Å². The van der Waals surface area contributed by atoms with Gasteiger partial charge in [0.2, 0.25) is 0 Å². The van der Waals surface area contributed by atoms with Crippen LogP contribution in [-0.4, -0.2) is 33.5 Å². The van der Waals surface area contributed by atoms with E-state index in [1.54, 1.807) is 24.3 Å². The van der Waals surface area contributed by atoms with Crippen LogP contribution in [0.2, 0.25) is 0 Å². The molecular weight excluding hydrogens is 434 g/mol. The van der Waals surface area contributed by atoms with E-state index in [-0.39, 0.29) is 28.6 Å². The predicted molar refractivity (Wildman–Crippen MR) is 118 cm³/mol. The number of anilines is 1. The third-order valence-corrected chi connectivity index (χ3v) is 5.57. The Morgan fingerprint density at radius 1 is 1.19 bits per heavy atom. The Balaban J connectivity index is 1.99. The van der Waals surface area contributed by atoms with Crippen molar-refractivity contribution in [3.8, 4) is 0 Å². The fourth-order valence-electron chi connectivity index (χ4n) is 3.06. The van der Waals surface area contributed by atoms with Gasteiger partial charge >= 0.3 is 0 Å². The summed E-state index contributed by atoms with van der Waals surface area (Å²) in [5, 5.41) is 2.87. The lowest BCUT2D eigenvalue weighted by molar-refractivity contribution is -0.126. The van der Waals surface area contributed by atoms with Crippen LogP contribution in [0, 0.1) is 5.92 Å². The molecule has 0 bridgehead atoms. The summed E-state index contributed by atoms with van der Waals surface area (Å²) < 4.78 is 14.8. The topological polar surface area (TPSA) is 158 Å². The fourth-order valence-corrected chi connectivity index (χ4v) is 3.82. The molecular formula is C21H25N5O5S. The Labute approximate surface area is 188 Å². The van der Waals surface area contributed by atoms with E-state index in [0.29, 0.717) is 18.2 Å². The standard InChI is InChI=1S/C21H25N5O5S/c1-12(2)7-8-24-20(28)17(14-6-4-10-31-14)26(11-13-5-3-9-30-13)21(29)18-15(22)16(19(23)27)25-32-18/h3-6,9-10,12,17H,7-8,11,22H2,1-2H3,(H2,23,27)(H,24,28)/t17-/m0/s1. The number of furan rings is 2. The van der Waals surface area contributed by atoms with Gasteiger partial charge in [0.25, 0.3) is 17.7 Å². The molecule has 0 aliphatic carbocycles. The van der Waals surface area contributed by atoms with Crippen LogP contribution in [0.3, 0.4) is 0 Å². The van der Waals surface area contributed by atoms with Crippen molar-refractivity contribution in [3.05, 3.63) is 58.9 Å². The number of primary amides is 1. The van der Waals surface area contributed by atoms with Gasteiger partial charge in [0, 0.05) is 6.54 Å². The fraction of sp³-hybridized carbons (Fsp3) is 0.333. The van der Waals surface area contributed by atoms with Gasteiger partial charge in [-0.2, -0.15) is 4.37 Å². The second kappa shape index (κ2) is 10.1. The zero-order valence-corrected chi connectivity index (χ0v) is 18.6. The van der Waals surface area contributed by atoms with E-state index in [4.69, 9.17) is 20.3 Å². The molecule has 5 N–H and O–H groups in total. The molecule has 3 aromatic rings. The summed E-state index contributed by atoms with van der Waals surface area (Å²) >= 11 is 0.742. The van der Waals surface area contributed by atoms with Crippen molar-refractivity contribution in [2.45, 2.75) is 32.9 Å². The molecule has 0 spiro atoms. The van der Waals surface area contributed by atoms with Crippen LogP contribution >= 0.6 is 11.5 Å². The molecule has 170 valence electrons. The van der Waals surface area contributed by atoms with Gasteiger partial charge in [-0.15, -0.1) is 0 Å². The predicted octanol–water partition coefficient (Wildman–Crippen LogP) is 2.56. The number of rotatable bonds is 10. The first-order valence-corrected chi connectivity index (χ1v) is 10.8. The SMILES string of the molecule is CC(C)CCNC(=O)[C@H](c1ccco1)N(Cc1ccco1)C(=O)c1snc(C(N)=O)c1N. The normalized spacial score (nSPS) is 12.0. The zero-order valence-electron chi connectivity index (χ0n) is 17.7. The van der Waals surface area contributed by atoms with E-state index in [9.17, 15) is 14.4 Å². The Bertz CT molecular complexity index is 1060. The van der Waals surface area contributed by atoms with Gasteiger partial charge in [0.1, 0.15) is 16.4 Å². The van der Waals surface area contributed by atoms with Crippen LogP contribution in [-0.2, 0) is 11.3 Å². The quantitative estimate of drug-likeness (QED) is 0.420. The minimum absolute atomic E-state index is 0.00288. The Morgan fingerprint density at radius 2 is 1.91 bits per heavy atom. The molecule has 3 aromatic heterocycles. The van der Waals surface area contributed by atoms with E-state index in [2.05, 4.69) is 9.69 Å². The molecule has 0 aromatic carbocycles. The lowest BCUT2D eigenvalue weighted by Crippen LogP contribution is -2.43. The smallest absolute Gasteiger partial charge is 0.270 e. The number of aromatic nitrogens is 1. The van der Waals surface area contributed by atoms with Crippen molar-refractivity contribution in [3.63, 3.8) is 0 Å². The average molecular weight is 460 g/mol.